The Morgan fingerprint density at radius 3 is 3.05 bits per heavy atom. The van der Waals surface area contributed by atoms with Crippen LogP contribution >= 0.6 is 11.3 Å². The molecule has 0 aromatic carbocycles. The fraction of sp³-hybridized carbons (Fsp3) is 0.529. The van der Waals surface area contributed by atoms with E-state index in [-0.39, 0.29) is 5.91 Å². The van der Waals surface area contributed by atoms with Crippen molar-refractivity contribution in [3.63, 3.8) is 0 Å². The average molecular weight is 315 g/mol. The van der Waals surface area contributed by atoms with Gasteiger partial charge in [0.05, 0.1) is 12.1 Å². The molecule has 5 rings (SSSR count). The second-order valence-corrected chi connectivity index (χ2v) is 7.43. The molecule has 0 aliphatic carbocycles. The first kappa shape index (κ1) is 14.2. The van der Waals surface area contributed by atoms with Crippen molar-refractivity contribution in [2.45, 2.75) is 31.7 Å². The highest BCUT2D eigenvalue weighted by molar-refractivity contribution is 7.16. The van der Waals surface area contributed by atoms with Gasteiger partial charge in [-0.25, -0.2) is 4.98 Å². The normalized spacial score (nSPS) is 27.7. The summed E-state index contributed by atoms with van der Waals surface area (Å²) >= 11 is 1.63. The zero-order valence-corrected chi connectivity index (χ0v) is 13.4. The van der Waals surface area contributed by atoms with Gasteiger partial charge in [-0.3, -0.25) is 4.79 Å². The van der Waals surface area contributed by atoms with Gasteiger partial charge in [-0.2, -0.15) is 0 Å². The van der Waals surface area contributed by atoms with E-state index in [2.05, 4.69) is 27.3 Å². The molecule has 0 radical (unpaired) electrons. The van der Waals surface area contributed by atoms with Crippen LogP contribution in [0.15, 0.2) is 23.6 Å². The van der Waals surface area contributed by atoms with E-state index in [1.807, 2.05) is 11.4 Å². The van der Waals surface area contributed by atoms with Crippen molar-refractivity contribution >= 4 is 27.5 Å². The second kappa shape index (κ2) is 5.97. The lowest BCUT2D eigenvalue weighted by Crippen LogP contribution is -2.42. The zero-order chi connectivity index (χ0) is 14.9. The fourth-order valence-electron chi connectivity index (χ4n) is 3.72. The molecule has 2 aromatic rings. The standard InChI is InChI=1S/C17H21N3OS/c21-16(10-14-2-1-13-5-8-22-17(13)19-14)18-15-9-12-3-6-20(11-15)7-4-12/h1-2,5,8,12,15H,3-4,6-7,9-11H2,(H,18,21). The number of hydrogen-bond donors (Lipinski definition) is 1. The van der Waals surface area contributed by atoms with Crippen LogP contribution in [0.4, 0.5) is 0 Å². The summed E-state index contributed by atoms with van der Waals surface area (Å²) in [7, 11) is 0. The summed E-state index contributed by atoms with van der Waals surface area (Å²) in [6.45, 7) is 3.42. The molecule has 22 heavy (non-hydrogen) atoms. The summed E-state index contributed by atoms with van der Waals surface area (Å²) in [5, 5.41) is 6.43. The summed E-state index contributed by atoms with van der Waals surface area (Å²) in [5.41, 5.74) is 0.865. The number of nitrogens with one attached hydrogen (secondary N) is 1. The van der Waals surface area contributed by atoms with Gasteiger partial charge in [-0.05, 0) is 55.8 Å². The van der Waals surface area contributed by atoms with Crippen LogP contribution in [0.5, 0.6) is 0 Å². The highest BCUT2D eigenvalue weighted by Crippen LogP contribution is 2.26. The molecule has 1 atom stereocenters. The number of rotatable bonds is 3. The monoisotopic (exact) mass is 315 g/mol. The number of piperidine rings is 1. The van der Waals surface area contributed by atoms with Gasteiger partial charge in [-0.1, -0.05) is 6.07 Å². The van der Waals surface area contributed by atoms with E-state index < -0.39 is 0 Å². The molecule has 0 saturated carbocycles. The summed E-state index contributed by atoms with van der Waals surface area (Å²) in [4.78, 5) is 20.4. The van der Waals surface area contributed by atoms with Gasteiger partial charge in [0.1, 0.15) is 4.83 Å². The highest BCUT2D eigenvalue weighted by atomic mass is 32.1. The molecular formula is C17H21N3OS. The third-order valence-corrected chi connectivity index (χ3v) is 5.71. The minimum atomic E-state index is 0.107. The van der Waals surface area contributed by atoms with E-state index in [1.54, 1.807) is 11.3 Å². The molecule has 5 heterocycles. The van der Waals surface area contributed by atoms with Gasteiger partial charge in [0.2, 0.25) is 5.91 Å². The van der Waals surface area contributed by atoms with Crippen molar-refractivity contribution in [3.05, 3.63) is 29.3 Å². The van der Waals surface area contributed by atoms with Crippen LogP contribution in [0.3, 0.4) is 0 Å². The zero-order valence-electron chi connectivity index (χ0n) is 12.6. The summed E-state index contributed by atoms with van der Waals surface area (Å²) < 4.78 is 0. The summed E-state index contributed by atoms with van der Waals surface area (Å²) in [5.74, 6) is 0.903. The first-order chi connectivity index (χ1) is 10.8. The molecule has 116 valence electrons. The van der Waals surface area contributed by atoms with Crippen LogP contribution < -0.4 is 5.32 Å². The Morgan fingerprint density at radius 1 is 1.32 bits per heavy atom. The molecule has 3 saturated heterocycles. The number of pyridine rings is 1. The minimum Gasteiger partial charge on any atom is -0.352 e. The molecule has 2 bridgehead atoms. The number of thiophene rings is 1. The molecule has 5 heteroatoms. The quantitative estimate of drug-likeness (QED) is 0.946. The van der Waals surface area contributed by atoms with Gasteiger partial charge < -0.3 is 10.2 Å². The van der Waals surface area contributed by atoms with Crippen molar-refractivity contribution < 1.29 is 4.79 Å². The van der Waals surface area contributed by atoms with Crippen LogP contribution in [0.25, 0.3) is 10.2 Å². The second-order valence-electron chi connectivity index (χ2n) is 6.54. The van der Waals surface area contributed by atoms with Crippen molar-refractivity contribution in [1.29, 1.82) is 0 Å². The lowest BCUT2D eigenvalue weighted by atomic mass is 9.94. The SMILES string of the molecule is O=C(Cc1ccc2ccsc2n1)NC1CC2CCN(CC2)C1. The van der Waals surface area contributed by atoms with Gasteiger partial charge >= 0.3 is 0 Å². The molecular weight excluding hydrogens is 294 g/mol. The van der Waals surface area contributed by atoms with Crippen LogP contribution in [0.2, 0.25) is 0 Å². The van der Waals surface area contributed by atoms with Crippen molar-refractivity contribution in [2.75, 3.05) is 19.6 Å². The molecule has 1 unspecified atom stereocenters. The van der Waals surface area contributed by atoms with Crippen molar-refractivity contribution in [1.82, 2.24) is 15.2 Å². The number of carbonyl (C=O) groups excluding carboxylic acids is 1. The number of hydrogen-bond acceptors (Lipinski definition) is 4. The Kier molecular flexibility index (Phi) is 3.84. The van der Waals surface area contributed by atoms with Gasteiger partial charge in [0, 0.05) is 18.0 Å². The van der Waals surface area contributed by atoms with Crippen molar-refractivity contribution in [2.24, 2.45) is 5.92 Å². The topological polar surface area (TPSA) is 45.2 Å². The van der Waals surface area contributed by atoms with Gasteiger partial charge in [0.15, 0.2) is 0 Å². The Labute approximate surface area is 134 Å². The lowest BCUT2D eigenvalue weighted by Gasteiger charge is -2.26. The van der Waals surface area contributed by atoms with E-state index in [9.17, 15) is 4.79 Å². The third kappa shape index (κ3) is 3.01. The summed E-state index contributed by atoms with van der Waals surface area (Å²) in [6.07, 6.45) is 4.11. The predicted octanol–water partition coefficient (Wildman–Crippen LogP) is 2.44. The number of carbonyl (C=O) groups is 1. The van der Waals surface area contributed by atoms with Crippen LogP contribution in [0, 0.1) is 5.92 Å². The smallest absolute Gasteiger partial charge is 0.226 e. The van der Waals surface area contributed by atoms with Crippen molar-refractivity contribution in [3.8, 4) is 0 Å². The van der Waals surface area contributed by atoms with Crippen LogP contribution in [-0.4, -0.2) is 41.5 Å². The summed E-state index contributed by atoms with van der Waals surface area (Å²) in [6, 6.07) is 6.40. The molecule has 1 amide bonds. The number of fused-ring (bicyclic) bond motifs is 5. The van der Waals surface area contributed by atoms with E-state index >= 15 is 0 Å². The largest absolute Gasteiger partial charge is 0.352 e. The molecule has 3 aliphatic heterocycles. The maximum absolute atomic E-state index is 12.3. The van der Waals surface area contributed by atoms with Crippen LogP contribution in [-0.2, 0) is 11.2 Å². The fourth-order valence-corrected chi connectivity index (χ4v) is 4.51. The Bertz CT molecular complexity index is 661. The highest BCUT2D eigenvalue weighted by Gasteiger charge is 2.29. The van der Waals surface area contributed by atoms with E-state index in [1.165, 1.54) is 25.9 Å². The predicted molar refractivity (Wildman–Crippen MR) is 89.0 cm³/mol. The molecule has 3 aliphatic rings. The number of amides is 1. The molecule has 3 fully saturated rings. The Balaban J connectivity index is 1.39. The lowest BCUT2D eigenvalue weighted by molar-refractivity contribution is -0.121. The van der Waals surface area contributed by atoms with Gasteiger partial charge in [-0.15, -0.1) is 11.3 Å². The molecule has 0 spiro atoms. The number of nitrogens with zero attached hydrogens (tertiary/aromatic N) is 2. The number of aromatic nitrogens is 1. The molecule has 2 aromatic heterocycles. The Hall–Kier alpha value is -1.46. The molecule has 1 N–H and O–H groups in total. The van der Waals surface area contributed by atoms with E-state index in [4.69, 9.17) is 0 Å². The van der Waals surface area contributed by atoms with Crippen LogP contribution in [0.1, 0.15) is 25.0 Å². The van der Waals surface area contributed by atoms with Gasteiger partial charge in [0.25, 0.3) is 0 Å². The maximum atomic E-state index is 12.3. The van der Waals surface area contributed by atoms with E-state index in [0.717, 1.165) is 34.8 Å². The Morgan fingerprint density at radius 2 is 2.18 bits per heavy atom. The van der Waals surface area contributed by atoms with E-state index in [0.29, 0.717) is 12.5 Å². The maximum Gasteiger partial charge on any atom is 0.226 e. The third-order valence-electron chi connectivity index (χ3n) is 4.89. The molecule has 4 nitrogen and oxygen atoms in total. The first-order valence-corrected chi connectivity index (χ1v) is 8.99. The average Bonchev–Trinajstić information content (AvgIpc) is 2.78. The minimum absolute atomic E-state index is 0.107. The first-order valence-electron chi connectivity index (χ1n) is 8.11.